The average Bonchev–Trinajstić information content (AvgIpc) is 2.28. The second-order valence-electron chi connectivity index (χ2n) is 3.96. The number of nitrogens with two attached hydrogens (primary N) is 1. The molecule has 0 aromatic heterocycles. The topological polar surface area (TPSA) is 66.5 Å². The Morgan fingerprint density at radius 3 is 2.62 bits per heavy atom. The van der Waals surface area contributed by atoms with E-state index in [2.05, 4.69) is 0 Å². The van der Waals surface area contributed by atoms with Crippen LogP contribution in [0.5, 0.6) is 11.5 Å². The standard InChI is InChI=1S/C13H15NO2/c1-8-11-6-9(4-5-14)2-3-10(11)7-12(15)13(8)16/h2-3,6-7,15-16H,4-5,14H2,1H3. The highest BCUT2D eigenvalue weighted by Gasteiger charge is 2.08. The van der Waals surface area contributed by atoms with E-state index in [9.17, 15) is 10.2 Å². The Bertz CT molecular complexity index is 535. The Hall–Kier alpha value is -1.74. The monoisotopic (exact) mass is 217 g/mol. The maximum absolute atomic E-state index is 9.65. The summed E-state index contributed by atoms with van der Waals surface area (Å²) in [6.45, 7) is 2.40. The Morgan fingerprint density at radius 2 is 1.94 bits per heavy atom. The van der Waals surface area contributed by atoms with Gasteiger partial charge in [0, 0.05) is 5.56 Å². The van der Waals surface area contributed by atoms with E-state index >= 15 is 0 Å². The summed E-state index contributed by atoms with van der Waals surface area (Å²) < 4.78 is 0. The van der Waals surface area contributed by atoms with Gasteiger partial charge >= 0.3 is 0 Å². The van der Waals surface area contributed by atoms with Gasteiger partial charge in [-0.3, -0.25) is 0 Å². The summed E-state index contributed by atoms with van der Waals surface area (Å²) in [5.74, 6) is -0.117. The molecule has 0 fully saturated rings. The summed E-state index contributed by atoms with van der Waals surface area (Å²) in [6, 6.07) is 7.51. The van der Waals surface area contributed by atoms with Crippen LogP contribution in [0.4, 0.5) is 0 Å². The molecule has 0 spiro atoms. The van der Waals surface area contributed by atoms with Gasteiger partial charge in [0.1, 0.15) is 0 Å². The Kier molecular flexibility index (Phi) is 2.71. The third-order valence-electron chi connectivity index (χ3n) is 2.84. The fourth-order valence-corrected chi connectivity index (χ4v) is 1.91. The Morgan fingerprint density at radius 1 is 1.19 bits per heavy atom. The lowest BCUT2D eigenvalue weighted by atomic mass is 10.00. The van der Waals surface area contributed by atoms with Crippen molar-refractivity contribution in [1.82, 2.24) is 0 Å². The van der Waals surface area contributed by atoms with E-state index in [1.54, 1.807) is 13.0 Å². The van der Waals surface area contributed by atoms with Gasteiger partial charge < -0.3 is 15.9 Å². The molecule has 16 heavy (non-hydrogen) atoms. The van der Waals surface area contributed by atoms with E-state index in [0.29, 0.717) is 12.1 Å². The molecule has 0 radical (unpaired) electrons. The molecule has 0 saturated heterocycles. The van der Waals surface area contributed by atoms with Crippen molar-refractivity contribution < 1.29 is 10.2 Å². The third-order valence-corrected chi connectivity index (χ3v) is 2.84. The number of rotatable bonds is 2. The van der Waals surface area contributed by atoms with Gasteiger partial charge in [-0.2, -0.15) is 0 Å². The SMILES string of the molecule is Cc1c(O)c(O)cc2ccc(CCN)cc12. The molecular formula is C13H15NO2. The van der Waals surface area contributed by atoms with Gasteiger partial charge in [0.2, 0.25) is 0 Å². The second kappa shape index (κ2) is 4.02. The Balaban J connectivity index is 2.68. The number of hydrogen-bond acceptors (Lipinski definition) is 3. The van der Waals surface area contributed by atoms with Crippen molar-refractivity contribution >= 4 is 10.8 Å². The summed E-state index contributed by atoms with van der Waals surface area (Å²) >= 11 is 0. The van der Waals surface area contributed by atoms with Crippen LogP contribution in [0.2, 0.25) is 0 Å². The maximum Gasteiger partial charge on any atom is 0.161 e. The number of benzene rings is 2. The van der Waals surface area contributed by atoms with E-state index < -0.39 is 0 Å². The largest absolute Gasteiger partial charge is 0.504 e. The number of phenolic OH excluding ortho intramolecular Hbond substituents is 2. The zero-order valence-electron chi connectivity index (χ0n) is 9.20. The minimum absolute atomic E-state index is 0.0441. The molecule has 3 nitrogen and oxygen atoms in total. The average molecular weight is 217 g/mol. The molecule has 0 bridgehead atoms. The molecule has 2 rings (SSSR count). The fourth-order valence-electron chi connectivity index (χ4n) is 1.91. The first-order valence-electron chi connectivity index (χ1n) is 5.27. The molecule has 0 aliphatic rings. The molecule has 0 atom stereocenters. The molecule has 0 unspecified atom stereocenters. The second-order valence-corrected chi connectivity index (χ2v) is 3.96. The summed E-state index contributed by atoms with van der Waals surface area (Å²) in [4.78, 5) is 0. The first-order chi connectivity index (χ1) is 7.63. The van der Waals surface area contributed by atoms with E-state index in [1.165, 1.54) is 0 Å². The number of aryl methyl sites for hydroxylation is 1. The first-order valence-corrected chi connectivity index (χ1v) is 5.27. The van der Waals surface area contributed by atoms with Crippen molar-refractivity contribution in [2.45, 2.75) is 13.3 Å². The number of fused-ring (bicyclic) bond motifs is 1. The van der Waals surface area contributed by atoms with Crippen LogP contribution in [0, 0.1) is 6.92 Å². The predicted molar refractivity (Wildman–Crippen MR) is 64.8 cm³/mol. The van der Waals surface area contributed by atoms with Crippen LogP contribution in [0.15, 0.2) is 24.3 Å². The van der Waals surface area contributed by atoms with E-state index in [1.807, 2.05) is 18.2 Å². The van der Waals surface area contributed by atoms with Crippen LogP contribution in [-0.4, -0.2) is 16.8 Å². The molecule has 4 N–H and O–H groups in total. The van der Waals surface area contributed by atoms with Crippen molar-refractivity contribution in [3.8, 4) is 11.5 Å². The van der Waals surface area contributed by atoms with Gasteiger partial charge in [0.25, 0.3) is 0 Å². The molecule has 0 amide bonds. The van der Waals surface area contributed by atoms with Gasteiger partial charge in [0.15, 0.2) is 11.5 Å². The molecule has 0 heterocycles. The van der Waals surface area contributed by atoms with Gasteiger partial charge in [0.05, 0.1) is 0 Å². The minimum Gasteiger partial charge on any atom is -0.504 e. The van der Waals surface area contributed by atoms with Gasteiger partial charge in [-0.25, -0.2) is 0 Å². The summed E-state index contributed by atoms with van der Waals surface area (Å²) in [5, 5.41) is 21.0. The minimum atomic E-state index is -0.0726. The van der Waals surface area contributed by atoms with E-state index in [-0.39, 0.29) is 11.5 Å². The molecule has 3 heteroatoms. The normalized spacial score (nSPS) is 10.9. The van der Waals surface area contributed by atoms with Gasteiger partial charge in [-0.15, -0.1) is 0 Å². The molecular weight excluding hydrogens is 202 g/mol. The fraction of sp³-hybridized carbons (Fsp3) is 0.231. The van der Waals surface area contributed by atoms with Crippen molar-refractivity contribution in [2.75, 3.05) is 6.54 Å². The molecule has 2 aromatic rings. The highest BCUT2D eigenvalue weighted by molar-refractivity contribution is 5.90. The lowest BCUT2D eigenvalue weighted by molar-refractivity contribution is 0.402. The predicted octanol–water partition coefficient (Wildman–Crippen LogP) is 2.06. The van der Waals surface area contributed by atoms with E-state index in [4.69, 9.17) is 5.73 Å². The van der Waals surface area contributed by atoms with Crippen LogP contribution < -0.4 is 5.73 Å². The van der Waals surface area contributed by atoms with Crippen molar-refractivity contribution in [3.05, 3.63) is 35.4 Å². The number of hydrogen-bond donors (Lipinski definition) is 3. The van der Waals surface area contributed by atoms with Crippen LogP contribution in [-0.2, 0) is 6.42 Å². The quantitative estimate of drug-likeness (QED) is 0.674. The summed E-state index contributed by atoms with van der Waals surface area (Å²) in [6.07, 6.45) is 0.816. The zero-order chi connectivity index (χ0) is 11.7. The number of aromatic hydroxyl groups is 2. The lowest BCUT2D eigenvalue weighted by Gasteiger charge is -2.08. The van der Waals surface area contributed by atoms with Crippen molar-refractivity contribution in [3.63, 3.8) is 0 Å². The van der Waals surface area contributed by atoms with Crippen molar-refractivity contribution in [2.24, 2.45) is 5.73 Å². The van der Waals surface area contributed by atoms with Crippen LogP contribution in [0.3, 0.4) is 0 Å². The molecule has 2 aromatic carbocycles. The van der Waals surface area contributed by atoms with Crippen LogP contribution in [0.1, 0.15) is 11.1 Å². The van der Waals surface area contributed by atoms with Gasteiger partial charge in [-0.05, 0) is 42.3 Å². The van der Waals surface area contributed by atoms with Crippen molar-refractivity contribution in [1.29, 1.82) is 0 Å². The number of phenols is 2. The smallest absolute Gasteiger partial charge is 0.161 e. The first kappa shape index (κ1) is 10.8. The highest BCUT2D eigenvalue weighted by Crippen LogP contribution is 2.35. The van der Waals surface area contributed by atoms with Gasteiger partial charge in [-0.1, -0.05) is 18.2 Å². The Labute approximate surface area is 94.1 Å². The molecule has 0 aliphatic carbocycles. The summed E-state index contributed by atoms with van der Waals surface area (Å²) in [5.41, 5.74) is 7.35. The summed E-state index contributed by atoms with van der Waals surface area (Å²) in [7, 11) is 0. The molecule has 0 saturated carbocycles. The van der Waals surface area contributed by atoms with Crippen LogP contribution >= 0.6 is 0 Å². The third kappa shape index (κ3) is 1.70. The van der Waals surface area contributed by atoms with E-state index in [0.717, 1.165) is 22.8 Å². The highest BCUT2D eigenvalue weighted by atomic mass is 16.3. The molecule has 84 valence electrons. The lowest BCUT2D eigenvalue weighted by Crippen LogP contribution is -2.02. The maximum atomic E-state index is 9.65. The zero-order valence-corrected chi connectivity index (χ0v) is 9.20. The van der Waals surface area contributed by atoms with Crippen LogP contribution in [0.25, 0.3) is 10.8 Å². The molecule has 0 aliphatic heterocycles.